The molecule has 2 heterocycles. The van der Waals surface area contributed by atoms with Crippen LogP contribution < -0.4 is 0 Å². The van der Waals surface area contributed by atoms with Crippen LogP contribution in [0.15, 0.2) is 52.4 Å². The molecular formula is C21H22N2O2S. The molecule has 0 unspecified atom stereocenters. The average molecular weight is 366 g/mol. The highest BCUT2D eigenvalue weighted by Gasteiger charge is 2.34. The van der Waals surface area contributed by atoms with E-state index in [1.54, 1.807) is 0 Å². The summed E-state index contributed by atoms with van der Waals surface area (Å²) in [6, 6.07) is 14.1. The quantitative estimate of drug-likeness (QED) is 0.771. The summed E-state index contributed by atoms with van der Waals surface area (Å²) in [5.74, 6) is 0.590. The monoisotopic (exact) mass is 366 g/mol. The molecule has 0 atom stereocenters. The van der Waals surface area contributed by atoms with Crippen molar-refractivity contribution in [2.45, 2.75) is 33.7 Å². The summed E-state index contributed by atoms with van der Waals surface area (Å²) in [5.41, 5.74) is 6.27. The third-order valence-electron chi connectivity index (χ3n) is 5.34. The van der Waals surface area contributed by atoms with E-state index >= 15 is 0 Å². The van der Waals surface area contributed by atoms with Gasteiger partial charge in [-0.1, -0.05) is 42.5 Å². The summed E-state index contributed by atoms with van der Waals surface area (Å²) in [7, 11) is -3.67. The van der Waals surface area contributed by atoms with Gasteiger partial charge in [-0.25, -0.2) is 0 Å². The Balaban J connectivity index is 1.75. The molecular weight excluding hydrogens is 344 g/mol. The molecule has 4 nitrogen and oxygen atoms in total. The van der Waals surface area contributed by atoms with Crippen molar-refractivity contribution in [1.82, 2.24) is 4.90 Å². The summed E-state index contributed by atoms with van der Waals surface area (Å²) >= 11 is 0. The Labute approximate surface area is 154 Å². The first-order valence-electron chi connectivity index (χ1n) is 8.82. The zero-order valence-electron chi connectivity index (χ0n) is 15.3. The maximum absolute atomic E-state index is 12.8. The molecule has 134 valence electrons. The molecule has 0 bridgehead atoms. The Kier molecular flexibility index (Phi) is 3.99. The van der Waals surface area contributed by atoms with Crippen LogP contribution in [0.5, 0.6) is 0 Å². The van der Waals surface area contributed by atoms with Crippen LogP contribution in [-0.4, -0.2) is 25.7 Å². The van der Waals surface area contributed by atoms with Crippen molar-refractivity contribution in [3.8, 4) is 0 Å². The predicted octanol–water partition coefficient (Wildman–Crippen LogP) is 3.83. The number of aryl methyl sites for hydroxylation is 2. The summed E-state index contributed by atoms with van der Waals surface area (Å²) in [5, 5.41) is 0. The number of nitrogens with zero attached hydrogens (tertiary/aromatic N) is 2. The highest BCUT2D eigenvalue weighted by molar-refractivity contribution is 8.00. The van der Waals surface area contributed by atoms with Crippen molar-refractivity contribution in [1.29, 1.82) is 0 Å². The van der Waals surface area contributed by atoms with Gasteiger partial charge in [0, 0.05) is 18.7 Å². The van der Waals surface area contributed by atoms with E-state index < -0.39 is 10.0 Å². The fourth-order valence-corrected chi connectivity index (χ4v) is 5.22. The van der Waals surface area contributed by atoms with Gasteiger partial charge in [0.25, 0.3) is 10.0 Å². The van der Waals surface area contributed by atoms with Crippen LogP contribution in [0.4, 0.5) is 0 Å². The average Bonchev–Trinajstić information content (AvgIpc) is 2.86. The first kappa shape index (κ1) is 17.0. The molecule has 0 saturated heterocycles. The third kappa shape index (κ3) is 2.76. The minimum Gasteiger partial charge on any atom is -0.351 e. The Morgan fingerprint density at radius 3 is 2.42 bits per heavy atom. The Morgan fingerprint density at radius 1 is 0.962 bits per heavy atom. The fourth-order valence-electron chi connectivity index (χ4n) is 3.74. The van der Waals surface area contributed by atoms with Crippen LogP contribution in [-0.2, 0) is 23.0 Å². The lowest BCUT2D eigenvalue weighted by atomic mass is 9.99. The minimum atomic E-state index is -3.67. The summed E-state index contributed by atoms with van der Waals surface area (Å²) in [6.45, 7) is 7.37. The molecule has 2 aliphatic rings. The second kappa shape index (κ2) is 6.09. The molecule has 4 rings (SSSR count). The van der Waals surface area contributed by atoms with Crippen molar-refractivity contribution in [2.75, 3.05) is 6.54 Å². The lowest BCUT2D eigenvalue weighted by Crippen LogP contribution is -2.35. The predicted molar refractivity (Wildman–Crippen MR) is 105 cm³/mol. The number of benzene rings is 2. The largest absolute Gasteiger partial charge is 0.351 e. The lowest BCUT2D eigenvalue weighted by Gasteiger charge is -2.30. The topological polar surface area (TPSA) is 49.7 Å². The van der Waals surface area contributed by atoms with E-state index in [9.17, 15) is 8.42 Å². The van der Waals surface area contributed by atoms with Gasteiger partial charge >= 0.3 is 0 Å². The Morgan fingerprint density at radius 2 is 1.69 bits per heavy atom. The van der Waals surface area contributed by atoms with Crippen LogP contribution in [0.25, 0.3) is 4.91 Å². The van der Waals surface area contributed by atoms with Gasteiger partial charge in [-0.3, -0.25) is 0 Å². The van der Waals surface area contributed by atoms with Crippen LogP contribution >= 0.6 is 0 Å². The maximum Gasteiger partial charge on any atom is 0.285 e. The summed E-state index contributed by atoms with van der Waals surface area (Å²) in [6.07, 6.45) is 0.904. The highest BCUT2D eigenvalue weighted by atomic mass is 32.2. The smallest absolute Gasteiger partial charge is 0.285 e. The number of fused-ring (bicyclic) bond motifs is 1. The SMILES string of the molecule is CC1=C(c2ccc(C)c(C)c2)S(=O)(=O)N=C1N1CCc2ccccc2C1. The number of sulfonamides is 1. The molecule has 0 saturated carbocycles. The van der Waals surface area contributed by atoms with Crippen LogP contribution in [0.1, 0.15) is 34.7 Å². The van der Waals surface area contributed by atoms with E-state index in [0.717, 1.165) is 35.2 Å². The number of hydrogen-bond acceptors (Lipinski definition) is 3. The zero-order chi connectivity index (χ0) is 18.5. The maximum atomic E-state index is 12.8. The molecule has 5 heteroatoms. The van der Waals surface area contributed by atoms with Crippen LogP contribution in [0.3, 0.4) is 0 Å². The normalized spacial score (nSPS) is 18.7. The number of hydrogen-bond donors (Lipinski definition) is 0. The standard InChI is InChI=1S/C21H22N2O2S/c1-14-8-9-18(12-15(14)2)20-16(3)21(22-26(20,24)25)23-11-10-17-6-4-5-7-19(17)13-23/h4-9,12H,10-11,13H2,1-3H3. The number of amidine groups is 1. The second-order valence-electron chi connectivity index (χ2n) is 7.08. The van der Waals surface area contributed by atoms with Gasteiger partial charge in [0.05, 0.1) is 0 Å². The van der Waals surface area contributed by atoms with Crippen LogP contribution in [0, 0.1) is 13.8 Å². The van der Waals surface area contributed by atoms with Crippen molar-refractivity contribution in [3.63, 3.8) is 0 Å². The second-order valence-corrected chi connectivity index (χ2v) is 8.62. The van der Waals surface area contributed by atoms with E-state index in [4.69, 9.17) is 0 Å². The first-order chi connectivity index (χ1) is 12.4. The molecule has 0 N–H and O–H groups in total. The third-order valence-corrected chi connectivity index (χ3v) is 6.81. The van der Waals surface area contributed by atoms with Gasteiger partial charge in [-0.2, -0.15) is 8.42 Å². The Bertz CT molecular complexity index is 1070. The van der Waals surface area contributed by atoms with Gasteiger partial charge < -0.3 is 4.90 Å². The summed E-state index contributed by atoms with van der Waals surface area (Å²) < 4.78 is 29.7. The lowest BCUT2D eigenvalue weighted by molar-refractivity contribution is 0.395. The van der Waals surface area contributed by atoms with Crippen molar-refractivity contribution >= 4 is 20.8 Å². The fraction of sp³-hybridized carbons (Fsp3) is 0.286. The molecule has 0 radical (unpaired) electrons. The van der Waals surface area contributed by atoms with E-state index in [0.29, 0.717) is 17.3 Å². The Hall–Kier alpha value is -2.40. The van der Waals surface area contributed by atoms with E-state index in [1.165, 1.54) is 11.1 Å². The van der Waals surface area contributed by atoms with Gasteiger partial charge in [0.15, 0.2) is 0 Å². The molecule has 0 spiro atoms. The summed E-state index contributed by atoms with van der Waals surface area (Å²) in [4.78, 5) is 2.43. The van der Waals surface area contributed by atoms with Gasteiger partial charge in [-0.15, -0.1) is 4.40 Å². The molecule has 0 aromatic heterocycles. The molecule has 2 aromatic carbocycles. The minimum absolute atomic E-state index is 0.342. The highest BCUT2D eigenvalue weighted by Crippen LogP contribution is 2.35. The van der Waals surface area contributed by atoms with Crippen molar-refractivity contribution in [3.05, 3.63) is 75.9 Å². The molecule has 0 amide bonds. The first-order valence-corrected chi connectivity index (χ1v) is 10.3. The van der Waals surface area contributed by atoms with Crippen molar-refractivity contribution < 1.29 is 8.42 Å². The molecule has 0 fully saturated rings. The van der Waals surface area contributed by atoms with Gasteiger partial charge in [0.2, 0.25) is 0 Å². The zero-order valence-corrected chi connectivity index (χ0v) is 16.1. The van der Waals surface area contributed by atoms with Crippen molar-refractivity contribution in [2.24, 2.45) is 4.40 Å². The van der Waals surface area contributed by atoms with Gasteiger partial charge in [0.1, 0.15) is 10.7 Å². The number of rotatable bonds is 1. The molecule has 26 heavy (non-hydrogen) atoms. The molecule has 2 aromatic rings. The molecule has 2 aliphatic heterocycles. The van der Waals surface area contributed by atoms with Gasteiger partial charge in [-0.05, 0) is 55.0 Å². The van der Waals surface area contributed by atoms with Crippen LogP contribution in [0.2, 0.25) is 0 Å². The van der Waals surface area contributed by atoms with E-state index in [-0.39, 0.29) is 0 Å². The molecule has 0 aliphatic carbocycles. The van der Waals surface area contributed by atoms with E-state index in [1.807, 2.05) is 45.0 Å². The van der Waals surface area contributed by atoms with E-state index in [2.05, 4.69) is 27.5 Å².